The molecule has 0 aliphatic heterocycles. The minimum absolute atomic E-state index is 0. The van der Waals surface area contributed by atoms with Crippen LogP contribution in [0.1, 0.15) is 87.0 Å². The Balaban J connectivity index is -0.000000139. The standard InChI is InChI=1S/C11H20.C8H14.C3H5.C2H6.CH3/c1-4-6-7-8-10-11(3)9-5-2;1-7-4-5-8(2,3)6-7;1-3-2;1-2;/h4,6-7,11H,1,5,8-10H2,2-3H3;6H,4-5H2,1-3H3;3H,1-2H2;1-2H3;1H3/b7-6+;;;;/t11-;;;;/m0..../s1. The van der Waals surface area contributed by atoms with Crippen molar-refractivity contribution in [3.63, 3.8) is 0 Å². The average molecular weight is 349 g/mol. The van der Waals surface area contributed by atoms with E-state index in [1.807, 2.05) is 26.0 Å². The van der Waals surface area contributed by atoms with Crippen LogP contribution in [0.2, 0.25) is 0 Å². The highest BCUT2D eigenvalue weighted by molar-refractivity contribution is 5.11. The van der Waals surface area contributed by atoms with Gasteiger partial charge in [0.1, 0.15) is 0 Å². The fraction of sp³-hybridized carbons (Fsp3) is 0.600. The number of hydrogen-bond donors (Lipinski definition) is 0. The maximum absolute atomic E-state index is 3.63. The van der Waals surface area contributed by atoms with Crippen LogP contribution in [-0.4, -0.2) is 0 Å². The Morgan fingerprint density at radius 2 is 1.72 bits per heavy atom. The molecular formula is C25H48. The summed E-state index contributed by atoms with van der Waals surface area (Å²) in [5.41, 5.74) is 2.07. The lowest BCUT2D eigenvalue weighted by Crippen LogP contribution is -2.00. The molecule has 0 saturated carbocycles. The zero-order valence-corrected chi connectivity index (χ0v) is 18.8. The smallest absolute Gasteiger partial charge is 0.0169 e. The van der Waals surface area contributed by atoms with Crippen molar-refractivity contribution < 1.29 is 0 Å². The molecule has 0 amide bonds. The molecule has 0 saturated heterocycles. The molecule has 25 heavy (non-hydrogen) atoms. The van der Waals surface area contributed by atoms with Crippen molar-refractivity contribution in [2.45, 2.75) is 87.0 Å². The van der Waals surface area contributed by atoms with E-state index in [-0.39, 0.29) is 7.43 Å². The van der Waals surface area contributed by atoms with Crippen molar-refractivity contribution >= 4 is 0 Å². The summed E-state index contributed by atoms with van der Waals surface area (Å²) in [6.07, 6.45) is 17.8. The highest BCUT2D eigenvalue weighted by atomic mass is 14.2. The van der Waals surface area contributed by atoms with Crippen molar-refractivity contribution in [1.29, 1.82) is 0 Å². The molecule has 0 aromatic heterocycles. The Hall–Kier alpha value is -1.04. The van der Waals surface area contributed by atoms with Gasteiger partial charge in [0, 0.05) is 0 Å². The first-order valence-corrected chi connectivity index (χ1v) is 9.69. The van der Waals surface area contributed by atoms with E-state index in [1.54, 1.807) is 5.57 Å². The summed E-state index contributed by atoms with van der Waals surface area (Å²) in [6, 6.07) is 0. The summed E-state index contributed by atoms with van der Waals surface area (Å²) in [5.74, 6) is 0.884. The average Bonchev–Trinajstić information content (AvgIpc) is 2.85. The number of allylic oxidation sites excluding steroid dienone is 6. The lowest BCUT2D eigenvalue weighted by molar-refractivity contribution is 0.470. The van der Waals surface area contributed by atoms with Crippen LogP contribution in [0.15, 0.2) is 49.1 Å². The van der Waals surface area contributed by atoms with Crippen LogP contribution in [0.5, 0.6) is 0 Å². The van der Waals surface area contributed by atoms with Gasteiger partial charge in [-0.05, 0) is 50.9 Å². The monoisotopic (exact) mass is 348 g/mol. The molecule has 1 aliphatic rings. The fourth-order valence-electron chi connectivity index (χ4n) is 2.54. The normalized spacial score (nSPS) is 15.0. The second-order valence-electron chi connectivity index (χ2n) is 6.90. The van der Waals surface area contributed by atoms with E-state index in [4.69, 9.17) is 0 Å². The first kappa shape index (κ1) is 31.7. The Morgan fingerprint density at radius 1 is 1.20 bits per heavy atom. The molecule has 0 aromatic carbocycles. The maximum atomic E-state index is 3.63. The van der Waals surface area contributed by atoms with Crippen molar-refractivity contribution in [2.75, 3.05) is 0 Å². The highest BCUT2D eigenvalue weighted by Gasteiger charge is 2.19. The van der Waals surface area contributed by atoms with E-state index >= 15 is 0 Å². The van der Waals surface area contributed by atoms with Gasteiger partial charge < -0.3 is 0 Å². The summed E-state index contributed by atoms with van der Waals surface area (Å²) >= 11 is 0. The Bertz CT molecular complexity index is 328. The first-order chi connectivity index (χ1) is 11.3. The molecule has 0 bridgehead atoms. The fourth-order valence-corrected chi connectivity index (χ4v) is 2.54. The molecule has 1 rings (SSSR count). The van der Waals surface area contributed by atoms with Crippen molar-refractivity contribution in [1.82, 2.24) is 0 Å². The van der Waals surface area contributed by atoms with E-state index < -0.39 is 0 Å². The maximum Gasteiger partial charge on any atom is -0.0169 e. The van der Waals surface area contributed by atoms with E-state index in [9.17, 15) is 0 Å². The van der Waals surface area contributed by atoms with Gasteiger partial charge in [0.2, 0.25) is 0 Å². The largest absolute Gasteiger partial charge is 0.103 e. The zero-order valence-electron chi connectivity index (χ0n) is 18.8. The molecule has 2 radical (unpaired) electrons. The van der Waals surface area contributed by atoms with E-state index in [0.29, 0.717) is 5.41 Å². The molecule has 0 N–H and O–H groups in total. The summed E-state index contributed by atoms with van der Waals surface area (Å²) in [5, 5.41) is 0. The van der Waals surface area contributed by atoms with Crippen LogP contribution < -0.4 is 0 Å². The quantitative estimate of drug-likeness (QED) is 0.331. The van der Waals surface area contributed by atoms with Gasteiger partial charge in [0.05, 0.1) is 0 Å². The Kier molecular flexibility index (Phi) is 29.1. The molecule has 148 valence electrons. The molecule has 0 aromatic rings. The molecule has 0 heteroatoms. The lowest BCUT2D eigenvalue weighted by Gasteiger charge is -2.11. The SMILES string of the molecule is C=C/C=C/CC[C@@H](C)CCC.CC.CC1=CC(C)(C)CC1.[CH2]C=C.[CH3]. The van der Waals surface area contributed by atoms with E-state index in [1.165, 1.54) is 44.6 Å². The van der Waals surface area contributed by atoms with Gasteiger partial charge in [-0.25, -0.2) is 0 Å². The minimum atomic E-state index is 0. The van der Waals surface area contributed by atoms with Crippen molar-refractivity contribution in [3.8, 4) is 0 Å². The third-order valence-electron chi connectivity index (χ3n) is 3.68. The van der Waals surface area contributed by atoms with Crippen LogP contribution in [-0.2, 0) is 0 Å². The predicted octanol–water partition coefficient (Wildman–Crippen LogP) is 9.18. The van der Waals surface area contributed by atoms with Crippen molar-refractivity contribution in [2.24, 2.45) is 11.3 Å². The number of rotatable bonds is 6. The third-order valence-corrected chi connectivity index (χ3v) is 3.68. The van der Waals surface area contributed by atoms with Crippen molar-refractivity contribution in [3.05, 3.63) is 63.5 Å². The predicted molar refractivity (Wildman–Crippen MR) is 123 cm³/mol. The van der Waals surface area contributed by atoms with Crippen LogP contribution in [0.4, 0.5) is 0 Å². The van der Waals surface area contributed by atoms with E-state index in [2.05, 4.69) is 66.9 Å². The number of hydrogen-bond acceptors (Lipinski definition) is 0. The molecule has 0 spiro atoms. The summed E-state index contributed by atoms with van der Waals surface area (Å²) in [4.78, 5) is 0. The lowest BCUT2D eigenvalue weighted by atomic mass is 9.94. The first-order valence-electron chi connectivity index (χ1n) is 9.69. The molecule has 1 aliphatic carbocycles. The molecular weight excluding hydrogens is 300 g/mol. The van der Waals surface area contributed by atoms with Gasteiger partial charge in [-0.3, -0.25) is 0 Å². The van der Waals surface area contributed by atoms with Crippen LogP contribution in [0, 0.1) is 25.7 Å². The van der Waals surface area contributed by atoms with Gasteiger partial charge in [-0.1, -0.05) is 104 Å². The van der Waals surface area contributed by atoms with Crippen LogP contribution in [0.3, 0.4) is 0 Å². The highest BCUT2D eigenvalue weighted by Crippen LogP contribution is 2.34. The molecule has 1 atom stereocenters. The van der Waals surface area contributed by atoms with Crippen LogP contribution in [0.25, 0.3) is 0 Å². The zero-order chi connectivity index (χ0) is 19.4. The van der Waals surface area contributed by atoms with Gasteiger partial charge in [-0.15, -0.1) is 6.58 Å². The molecule has 0 heterocycles. The molecule has 0 unspecified atom stereocenters. The second kappa shape index (κ2) is 23.0. The molecule has 0 nitrogen and oxygen atoms in total. The second-order valence-corrected chi connectivity index (χ2v) is 6.90. The summed E-state index contributed by atoms with van der Waals surface area (Å²) < 4.78 is 0. The van der Waals surface area contributed by atoms with Gasteiger partial charge >= 0.3 is 0 Å². The Labute approximate surface area is 162 Å². The van der Waals surface area contributed by atoms with Crippen LogP contribution >= 0.6 is 0 Å². The third kappa shape index (κ3) is 28.1. The minimum Gasteiger partial charge on any atom is -0.103 e. The molecule has 0 fully saturated rings. The Morgan fingerprint density at radius 3 is 2.00 bits per heavy atom. The van der Waals surface area contributed by atoms with Gasteiger partial charge in [0.25, 0.3) is 0 Å². The summed E-state index contributed by atoms with van der Waals surface area (Å²) in [6.45, 7) is 25.5. The van der Waals surface area contributed by atoms with E-state index in [0.717, 1.165) is 5.92 Å². The summed E-state index contributed by atoms with van der Waals surface area (Å²) in [7, 11) is 0. The topological polar surface area (TPSA) is 0 Å². The van der Waals surface area contributed by atoms with Gasteiger partial charge in [0.15, 0.2) is 0 Å². The van der Waals surface area contributed by atoms with Gasteiger partial charge in [-0.2, -0.15) is 0 Å².